The Labute approximate surface area is 213 Å². The number of carbonyl (C=O) groups excluding carboxylic acids is 1. The molecule has 0 saturated heterocycles. The number of anilines is 1. The standard InChI is InChI=1S/C26H29N7O2S/c1-32-16-20(12-31-32)22-14-30-25(28-10-7-18-5-3-2-4-6-18)26(35)33(22)17-24(34)29-13-21-11-19-8-9-27-15-23(19)36-21/h2-6,11-12,14,16,27H,7-10,13,15,17H2,1H3,(H,28,30)(H,29,34). The van der Waals surface area contributed by atoms with Gasteiger partial charge in [-0.05, 0) is 36.6 Å². The van der Waals surface area contributed by atoms with Gasteiger partial charge in [0.2, 0.25) is 5.91 Å². The Balaban J connectivity index is 1.31. The van der Waals surface area contributed by atoms with Gasteiger partial charge >= 0.3 is 0 Å². The summed E-state index contributed by atoms with van der Waals surface area (Å²) >= 11 is 1.72. The van der Waals surface area contributed by atoms with Crippen LogP contribution in [0.1, 0.15) is 20.9 Å². The molecule has 1 aliphatic heterocycles. The molecule has 0 unspecified atom stereocenters. The summed E-state index contributed by atoms with van der Waals surface area (Å²) in [5, 5.41) is 13.7. The van der Waals surface area contributed by atoms with E-state index in [0.717, 1.165) is 36.4 Å². The highest BCUT2D eigenvalue weighted by Gasteiger charge is 2.17. The molecule has 0 bridgehead atoms. The third-order valence-corrected chi connectivity index (χ3v) is 7.35. The monoisotopic (exact) mass is 503 g/mol. The first-order chi connectivity index (χ1) is 17.6. The van der Waals surface area contributed by atoms with E-state index in [9.17, 15) is 9.59 Å². The van der Waals surface area contributed by atoms with Gasteiger partial charge in [0, 0.05) is 41.7 Å². The van der Waals surface area contributed by atoms with Crippen molar-refractivity contribution in [3.8, 4) is 11.3 Å². The van der Waals surface area contributed by atoms with Crippen LogP contribution >= 0.6 is 11.3 Å². The van der Waals surface area contributed by atoms with E-state index in [1.807, 2.05) is 37.4 Å². The highest BCUT2D eigenvalue weighted by Crippen LogP contribution is 2.25. The van der Waals surface area contributed by atoms with Crippen molar-refractivity contribution in [3.63, 3.8) is 0 Å². The van der Waals surface area contributed by atoms with Gasteiger partial charge in [0.05, 0.1) is 24.6 Å². The molecule has 3 N–H and O–H groups in total. The van der Waals surface area contributed by atoms with Crippen molar-refractivity contribution >= 4 is 23.1 Å². The zero-order valence-corrected chi connectivity index (χ0v) is 21.0. The lowest BCUT2D eigenvalue weighted by molar-refractivity contribution is -0.121. The maximum atomic E-state index is 13.4. The lowest BCUT2D eigenvalue weighted by Gasteiger charge is -2.14. The Hall–Kier alpha value is -3.76. The fourth-order valence-electron chi connectivity index (χ4n) is 4.31. The fraction of sp³-hybridized carbons (Fsp3) is 0.308. The second-order valence-corrected chi connectivity index (χ2v) is 10.0. The van der Waals surface area contributed by atoms with Gasteiger partial charge in [-0.2, -0.15) is 5.10 Å². The van der Waals surface area contributed by atoms with Crippen LogP contribution in [0.4, 0.5) is 5.82 Å². The van der Waals surface area contributed by atoms with Crippen molar-refractivity contribution in [3.05, 3.63) is 86.2 Å². The summed E-state index contributed by atoms with van der Waals surface area (Å²) in [6, 6.07) is 12.2. The predicted octanol–water partition coefficient (Wildman–Crippen LogP) is 2.32. The van der Waals surface area contributed by atoms with Crippen LogP contribution in [-0.2, 0) is 44.3 Å². The number of hydrogen-bond donors (Lipinski definition) is 3. The number of aryl methyl sites for hydroxylation is 1. The van der Waals surface area contributed by atoms with Crippen LogP contribution in [0, 0.1) is 0 Å². The average molecular weight is 504 g/mol. The van der Waals surface area contributed by atoms with E-state index in [2.05, 4.69) is 32.1 Å². The lowest BCUT2D eigenvalue weighted by atomic mass is 10.1. The Morgan fingerprint density at radius 3 is 2.86 bits per heavy atom. The summed E-state index contributed by atoms with van der Waals surface area (Å²) in [5.74, 6) is -0.00187. The average Bonchev–Trinajstić information content (AvgIpc) is 3.51. The largest absolute Gasteiger partial charge is 0.365 e. The minimum atomic E-state index is -0.336. The smallest absolute Gasteiger partial charge is 0.294 e. The predicted molar refractivity (Wildman–Crippen MR) is 141 cm³/mol. The zero-order chi connectivity index (χ0) is 24.9. The van der Waals surface area contributed by atoms with Crippen molar-refractivity contribution in [1.29, 1.82) is 0 Å². The highest BCUT2D eigenvalue weighted by molar-refractivity contribution is 7.12. The summed E-state index contributed by atoms with van der Waals surface area (Å²) in [6.07, 6.45) is 6.86. The number of nitrogens with zero attached hydrogens (tertiary/aromatic N) is 4. The second-order valence-electron chi connectivity index (χ2n) is 8.81. The first kappa shape index (κ1) is 24.0. The molecule has 1 aliphatic rings. The number of thiophene rings is 1. The van der Waals surface area contributed by atoms with Crippen LogP contribution in [0.3, 0.4) is 0 Å². The molecular weight excluding hydrogens is 474 g/mol. The number of hydrogen-bond acceptors (Lipinski definition) is 7. The minimum Gasteiger partial charge on any atom is -0.365 e. The van der Waals surface area contributed by atoms with Gasteiger partial charge in [-0.3, -0.25) is 18.8 Å². The van der Waals surface area contributed by atoms with E-state index >= 15 is 0 Å². The van der Waals surface area contributed by atoms with Crippen LogP contribution in [0.15, 0.2) is 59.8 Å². The normalized spacial score (nSPS) is 12.8. The molecule has 3 aromatic heterocycles. The Bertz CT molecular complexity index is 1380. The minimum absolute atomic E-state index is 0.106. The molecule has 10 heteroatoms. The molecule has 5 rings (SSSR count). The number of amides is 1. The molecular formula is C26H29N7O2S. The molecule has 0 saturated carbocycles. The summed E-state index contributed by atoms with van der Waals surface area (Å²) in [7, 11) is 1.81. The van der Waals surface area contributed by atoms with E-state index in [4.69, 9.17) is 0 Å². The van der Waals surface area contributed by atoms with Gasteiger partial charge in [0.15, 0.2) is 5.82 Å². The SMILES string of the molecule is Cn1cc(-c2cnc(NCCc3ccccc3)c(=O)n2CC(=O)NCc2cc3c(s2)CNCC3)cn1. The lowest BCUT2D eigenvalue weighted by Crippen LogP contribution is -2.34. The molecule has 0 radical (unpaired) electrons. The van der Waals surface area contributed by atoms with Gasteiger partial charge in [-0.1, -0.05) is 30.3 Å². The molecule has 0 aliphatic carbocycles. The Kier molecular flexibility index (Phi) is 7.24. The molecule has 186 valence electrons. The van der Waals surface area contributed by atoms with Crippen LogP contribution in [0.5, 0.6) is 0 Å². The summed E-state index contributed by atoms with van der Waals surface area (Å²) < 4.78 is 3.12. The number of fused-ring (bicyclic) bond motifs is 1. The van der Waals surface area contributed by atoms with E-state index in [-0.39, 0.29) is 23.8 Å². The Morgan fingerprint density at radius 1 is 1.22 bits per heavy atom. The van der Waals surface area contributed by atoms with E-state index in [1.54, 1.807) is 34.6 Å². The molecule has 0 fully saturated rings. The van der Waals surface area contributed by atoms with E-state index in [0.29, 0.717) is 18.8 Å². The first-order valence-electron chi connectivity index (χ1n) is 12.0. The molecule has 0 atom stereocenters. The number of carbonyl (C=O) groups is 1. The molecule has 4 heterocycles. The van der Waals surface area contributed by atoms with Crippen molar-refractivity contribution in [2.75, 3.05) is 18.4 Å². The van der Waals surface area contributed by atoms with Gasteiger partial charge in [0.25, 0.3) is 5.56 Å². The number of aromatic nitrogens is 4. The number of benzene rings is 1. The van der Waals surface area contributed by atoms with Crippen molar-refractivity contribution in [1.82, 2.24) is 30.0 Å². The molecule has 9 nitrogen and oxygen atoms in total. The Morgan fingerprint density at radius 2 is 2.08 bits per heavy atom. The van der Waals surface area contributed by atoms with Crippen LogP contribution in [-0.4, -0.2) is 38.3 Å². The quantitative estimate of drug-likeness (QED) is 0.324. The maximum absolute atomic E-state index is 13.4. The number of rotatable bonds is 9. The molecule has 1 aromatic carbocycles. The van der Waals surface area contributed by atoms with Gasteiger partial charge < -0.3 is 16.0 Å². The van der Waals surface area contributed by atoms with E-state index < -0.39 is 0 Å². The second kappa shape index (κ2) is 10.9. The third kappa shape index (κ3) is 5.55. The van der Waals surface area contributed by atoms with Crippen LogP contribution in [0.25, 0.3) is 11.3 Å². The van der Waals surface area contributed by atoms with Gasteiger partial charge in [-0.15, -0.1) is 11.3 Å². The highest BCUT2D eigenvalue weighted by atomic mass is 32.1. The number of nitrogens with one attached hydrogen (secondary N) is 3. The van der Waals surface area contributed by atoms with Gasteiger partial charge in [-0.25, -0.2) is 4.98 Å². The maximum Gasteiger partial charge on any atom is 0.294 e. The summed E-state index contributed by atoms with van der Waals surface area (Å²) in [4.78, 5) is 33.2. The van der Waals surface area contributed by atoms with Crippen molar-refractivity contribution in [2.45, 2.75) is 32.5 Å². The molecule has 36 heavy (non-hydrogen) atoms. The van der Waals surface area contributed by atoms with Crippen LogP contribution < -0.4 is 21.5 Å². The zero-order valence-electron chi connectivity index (χ0n) is 20.2. The summed E-state index contributed by atoms with van der Waals surface area (Å²) in [5.41, 5.74) is 3.47. The fourth-order valence-corrected chi connectivity index (χ4v) is 5.43. The van der Waals surface area contributed by atoms with Crippen molar-refractivity contribution in [2.24, 2.45) is 7.05 Å². The third-order valence-electron chi connectivity index (χ3n) is 6.17. The van der Waals surface area contributed by atoms with E-state index in [1.165, 1.54) is 20.6 Å². The molecule has 4 aromatic rings. The van der Waals surface area contributed by atoms with Gasteiger partial charge in [0.1, 0.15) is 6.54 Å². The summed E-state index contributed by atoms with van der Waals surface area (Å²) in [6.45, 7) is 2.77. The molecule has 0 spiro atoms. The molecule has 1 amide bonds. The van der Waals surface area contributed by atoms with Crippen molar-refractivity contribution < 1.29 is 4.79 Å². The first-order valence-corrected chi connectivity index (χ1v) is 12.8. The van der Waals surface area contributed by atoms with Crippen LogP contribution in [0.2, 0.25) is 0 Å². The topological polar surface area (TPSA) is 106 Å².